The number of amides is 2. The van der Waals surface area contributed by atoms with Gasteiger partial charge >= 0.3 is 6.09 Å². The number of likely N-dealkylation sites (tertiary alicyclic amines) is 1. The van der Waals surface area contributed by atoms with E-state index in [-0.39, 0.29) is 11.9 Å². The number of hydrogen-bond acceptors (Lipinski definition) is 3. The van der Waals surface area contributed by atoms with Gasteiger partial charge in [-0.2, -0.15) is 0 Å². The lowest BCUT2D eigenvalue weighted by Crippen LogP contribution is -2.50. The zero-order chi connectivity index (χ0) is 15.0. The van der Waals surface area contributed by atoms with Gasteiger partial charge in [-0.25, -0.2) is 4.79 Å². The van der Waals surface area contributed by atoms with Crippen LogP contribution in [-0.2, 0) is 11.2 Å². The van der Waals surface area contributed by atoms with Crippen molar-refractivity contribution in [2.75, 3.05) is 18.0 Å². The second-order valence-electron chi connectivity index (χ2n) is 5.38. The van der Waals surface area contributed by atoms with Crippen LogP contribution in [0.1, 0.15) is 25.0 Å². The van der Waals surface area contributed by atoms with Crippen molar-refractivity contribution in [3.05, 3.63) is 23.0 Å². The molecule has 3 heterocycles. The normalized spacial score (nSPS) is 19.6. The van der Waals surface area contributed by atoms with Crippen molar-refractivity contribution in [1.82, 2.24) is 9.88 Å². The van der Waals surface area contributed by atoms with Crippen molar-refractivity contribution in [1.29, 1.82) is 0 Å². The molecule has 0 bridgehead atoms. The van der Waals surface area contributed by atoms with Crippen molar-refractivity contribution >= 4 is 29.3 Å². The fraction of sp³-hybridized carbons (Fsp3) is 0.500. The topological polar surface area (TPSA) is 73.7 Å². The third-order valence-electron chi connectivity index (χ3n) is 4.12. The molecular formula is C14H16ClN3O3. The van der Waals surface area contributed by atoms with Gasteiger partial charge in [-0.3, -0.25) is 9.78 Å². The first-order chi connectivity index (χ1) is 10.1. The zero-order valence-corrected chi connectivity index (χ0v) is 12.2. The van der Waals surface area contributed by atoms with E-state index < -0.39 is 6.09 Å². The average Bonchev–Trinajstić information content (AvgIpc) is 2.47. The summed E-state index contributed by atoms with van der Waals surface area (Å²) in [6.07, 6.45) is 3.06. The number of halogens is 1. The van der Waals surface area contributed by atoms with Gasteiger partial charge in [0.1, 0.15) is 0 Å². The molecule has 2 amide bonds. The molecule has 0 radical (unpaired) electrons. The van der Waals surface area contributed by atoms with Crippen LogP contribution in [0.25, 0.3) is 0 Å². The van der Waals surface area contributed by atoms with E-state index in [2.05, 4.69) is 4.98 Å². The average molecular weight is 310 g/mol. The molecule has 1 fully saturated rings. The molecule has 1 aromatic rings. The van der Waals surface area contributed by atoms with E-state index in [9.17, 15) is 9.59 Å². The molecule has 1 N–H and O–H groups in total. The quantitative estimate of drug-likeness (QED) is 0.862. The summed E-state index contributed by atoms with van der Waals surface area (Å²) in [5.41, 5.74) is 1.67. The van der Waals surface area contributed by atoms with Crippen molar-refractivity contribution < 1.29 is 14.7 Å². The number of carbonyl (C=O) groups excluding carboxylic acids is 1. The van der Waals surface area contributed by atoms with Gasteiger partial charge in [0.25, 0.3) is 0 Å². The number of pyridine rings is 1. The number of piperidine rings is 1. The van der Waals surface area contributed by atoms with Crippen LogP contribution < -0.4 is 4.90 Å². The number of carboxylic acid groups (broad SMARTS) is 1. The van der Waals surface area contributed by atoms with Crippen molar-refractivity contribution in [3.63, 3.8) is 0 Å². The van der Waals surface area contributed by atoms with E-state index in [1.54, 1.807) is 17.2 Å². The van der Waals surface area contributed by atoms with Crippen LogP contribution in [0.4, 0.5) is 10.5 Å². The maximum atomic E-state index is 12.3. The first-order valence-electron chi connectivity index (χ1n) is 7.00. The molecule has 1 saturated heterocycles. The number of aryl methyl sites for hydroxylation is 1. The first kappa shape index (κ1) is 14.1. The Kier molecular flexibility index (Phi) is 3.71. The fourth-order valence-electron chi connectivity index (χ4n) is 3.05. The second-order valence-corrected chi connectivity index (χ2v) is 5.82. The summed E-state index contributed by atoms with van der Waals surface area (Å²) < 4.78 is 0. The lowest BCUT2D eigenvalue weighted by Gasteiger charge is -2.40. The number of rotatable bonds is 1. The summed E-state index contributed by atoms with van der Waals surface area (Å²) in [4.78, 5) is 30.7. The molecule has 1 aromatic heterocycles. The van der Waals surface area contributed by atoms with Crippen LogP contribution in [0.2, 0.25) is 5.02 Å². The molecule has 0 saturated carbocycles. The number of aromatic nitrogens is 1. The van der Waals surface area contributed by atoms with Gasteiger partial charge in [0.15, 0.2) is 0 Å². The summed E-state index contributed by atoms with van der Waals surface area (Å²) in [7, 11) is 0. The van der Waals surface area contributed by atoms with Gasteiger partial charge < -0.3 is 14.9 Å². The summed E-state index contributed by atoms with van der Waals surface area (Å²) >= 11 is 6.01. The Hall–Kier alpha value is -1.82. The molecule has 0 spiro atoms. The second kappa shape index (κ2) is 5.52. The minimum Gasteiger partial charge on any atom is -0.465 e. The summed E-state index contributed by atoms with van der Waals surface area (Å²) in [6, 6.07) is 1.80. The number of carbonyl (C=O) groups is 2. The number of fused-ring (bicyclic) bond motifs is 1. The molecule has 3 rings (SSSR count). The van der Waals surface area contributed by atoms with E-state index in [0.29, 0.717) is 43.8 Å². The van der Waals surface area contributed by atoms with Crippen LogP contribution in [0.5, 0.6) is 0 Å². The maximum absolute atomic E-state index is 12.3. The van der Waals surface area contributed by atoms with Crippen LogP contribution in [0, 0.1) is 0 Å². The molecule has 0 aromatic carbocycles. The van der Waals surface area contributed by atoms with E-state index in [1.165, 1.54) is 4.90 Å². The third kappa shape index (κ3) is 2.68. The van der Waals surface area contributed by atoms with Crippen molar-refractivity contribution in [3.8, 4) is 0 Å². The lowest BCUT2D eigenvalue weighted by atomic mass is 9.98. The Morgan fingerprint density at radius 1 is 1.33 bits per heavy atom. The highest BCUT2D eigenvalue weighted by atomic mass is 35.5. The Bertz CT molecular complexity index is 585. The van der Waals surface area contributed by atoms with E-state index in [1.807, 2.05) is 0 Å². The minimum atomic E-state index is -0.900. The van der Waals surface area contributed by atoms with Crippen LogP contribution in [0.3, 0.4) is 0 Å². The summed E-state index contributed by atoms with van der Waals surface area (Å²) in [5, 5.41) is 9.51. The van der Waals surface area contributed by atoms with Gasteiger partial charge in [-0.15, -0.1) is 0 Å². The van der Waals surface area contributed by atoms with Gasteiger partial charge in [-0.05, 0) is 18.9 Å². The van der Waals surface area contributed by atoms with Crippen LogP contribution in [0.15, 0.2) is 12.3 Å². The summed E-state index contributed by atoms with van der Waals surface area (Å²) in [6.45, 7) is 0.903. The lowest BCUT2D eigenvalue weighted by molar-refractivity contribution is -0.119. The Morgan fingerprint density at radius 3 is 2.71 bits per heavy atom. The molecule has 0 unspecified atom stereocenters. The Balaban J connectivity index is 1.84. The molecule has 0 aliphatic carbocycles. The molecule has 6 nitrogen and oxygen atoms in total. The van der Waals surface area contributed by atoms with Gasteiger partial charge in [0.2, 0.25) is 5.91 Å². The number of anilines is 1. The molecule has 21 heavy (non-hydrogen) atoms. The van der Waals surface area contributed by atoms with Gasteiger partial charge in [0, 0.05) is 38.2 Å². The Labute approximate surface area is 127 Å². The molecule has 7 heteroatoms. The number of hydrogen-bond donors (Lipinski definition) is 1. The number of nitrogens with zero attached hydrogens (tertiary/aromatic N) is 3. The maximum Gasteiger partial charge on any atom is 0.407 e. The monoisotopic (exact) mass is 309 g/mol. The first-order valence-corrected chi connectivity index (χ1v) is 7.38. The van der Waals surface area contributed by atoms with E-state index >= 15 is 0 Å². The molecule has 112 valence electrons. The SMILES string of the molecule is O=C(O)N1CCC(N2C(=O)CCc3ncc(Cl)cc32)CC1. The molecule has 2 aliphatic heterocycles. The van der Waals surface area contributed by atoms with E-state index in [4.69, 9.17) is 16.7 Å². The largest absolute Gasteiger partial charge is 0.465 e. The standard InChI is InChI=1S/C14H16ClN3O3/c15-9-7-12-11(16-8-9)1-2-13(19)18(12)10-3-5-17(6-4-10)14(20)21/h7-8,10H,1-6H2,(H,20,21). The molecular weight excluding hydrogens is 294 g/mol. The highest BCUT2D eigenvalue weighted by Crippen LogP contribution is 2.33. The van der Waals surface area contributed by atoms with Gasteiger partial charge in [0.05, 0.1) is 16.4 Å². The highest BCUT2D eigenvalue weighted by Gasteiger charge is 2.34. The third-order valence-corrected chi connectivity index (χ3v) is 4.32. The highest BCUT2D eigenvalue weighted by molar-refractivity contribution is 6.30. The van der Waals surface area contributed by atoms with Crippen molar-refractivity contribution in [2.24, 2.45) is 0 Å². The Morgan fingerprint density at radius 2 is 2.05 bits per heavy atom. The predicted octanol–water partition coefficient (Wildman–Crippen LogP) is 2.16. The van der Waals surface area contributed by atoms with Crippen LogP contribution >= 0.6 is 11.6 Å². The minimum absolute atomic E-state index is 0.0208. The zero-order valence-electron chi connectivity index (χ0n) is 11.5. The van der Waals surface area contributed by atoms with E-state index in [0.717, 1.165) is 11.4 Å². The predicted molar refractivity (Wildman–Crippen MR) is 77.7 cm³/mol. The fourth-order valence-corrected chi connectivity index (χ4v) is 3.21. The molecule has 0 atom stereocenters. The van der Waals surface area contributed by atoms with Crippen LogP contribution in [-0.4, -0.2) is 46.1 Å². The molecule has 2 aliphatic rings. The summed E-state index contributed by atoms with van der Waals surface area (Å²) in [5.74, 6) is 0.0698. The van der Waals surface area contributed by atoms with Gasteiger partial charge in [-0.1, -0.05) is 11.6 Å². The smallest absolute Gasteiger partial charge is 0.407 e. The van der Waals surface area contributed by atoms with Crippen molar-refractivity contribution in [2.45, 2.75) is 31.7 Å².